The van der Waals surface area contributed by atoms with Crippen LogP contribution in [0.25, 0.3) is 11.1 Å². The SMILES string of the molecule is COCCOC(=O)C(C)n1c(=O)oc2cc(CO)ccc21. The summed E-state index contributed by atoms with van der Waals surface area (Å²) < 4.78 is 16.1. The standard InChI is InChI=1S/C14H17NO6/c1-9(13(17)20-6-5-19-2)15-11-4-3-10(8-16)7-12(11)21-14(15)18/h3-4,7,9,16H,5-6,8H2,1-2H3. The van der Waals surface area contributed by atoms with Crippen LogP contribution in [0.2, 0.25) is 0 Å². The Kier molecular flexibility index (Phi) is 4.77. The van der Waals surface area contributed by atoms with E-state index in [1.54, 1.807) is 25.1 Å². The van der Waals surface area contributed by atoms with E-state index in [4.69, 9.17) is 19.0 Å². The van der Waals surface area contributed by atoms with Crippen LogP contribution in [-0.2, 0) is 20.9 Å². The van der Waals surface area contributed by atoms with Crippen LogP contribution in [-0.4, -0.2) is 36.0 Å². The van der Waals surface area contributed by atoms with Crippen molar-refractivity contribution in [3.05, 3.63) is 34.3 Å². The van der Waals surface area contributed by atoms with E-state index in [2.05, 4.69) is 0 Å². The fourth-order valence-electron chi connectivity index (χ4n) is 2.00. The number of methoxy groups -OCH3 is 1. The van der Waals surface area contributed by atoms with Gasteiger partial charge in [0.25, 0.3) is 0 Å². The number of ether oxygens (including phenoxy) is 2. The van der Waals surface area contributed by atoms with E-state index < -0.39 is 17.8 Å². The largest absolute Gasteiger partial charge is 0.462 e. The highest BCUT2D eigenvalue weighted by Crippen LogP contribution is 2.19. The van der Waals surface area contributed by atoms with Gasteiger partial charge in [-0.25, -0.2) is 9.59 Å². The van der Waals surface area contributed by atoms with Gasteiger partial charge in [0.05, 0.1) is 18.7 Å². The molecule has 0 aliphatic heterocycles. The molecule has 0 bridgehead atoms. The number of nitrogens with zero attached hydrogens (tertiary/aromatic N) is 1. The van der Waals surface area contributed by atoms with Gasteiger partial charge in [-0.3, -0.25) is 4.57 Å². The number of carbonyl (C=O) groups is 1. The van der Waals surface area contributed by atoms with Gasteiger partial charge in [-0.2, -0.15) is 0 Å². The van der Waals surface area contributed by atoms with E-state index in [-0.39, 0.29) is 13.2 Å². The van der Waals surface area contributed by atoms with Crippen LogP contribution in [0, 0.1) is 0 Å². The quantitative estimate of drug-likeness (QED) is 0.627. The maximum atomic E-state index is 11.9. The molecule has 21 heavy (non-hydrogen) atoms. The molecule has 1 N–H and O–H groups in total. The molecule has 0 amide bonds. The van der Waals surface area contributed by atoms with Crippen LogP contribution >= 0.6 is 0 Å². The Morgan fingerprint density at radius 3 is 2.86 bits per heavy atom. The number of esters is 1. The van der Waals surface area contributed by atoms with Crippen molar-refractivity contribution in [2.75, 3.05) is 20.3 Å². The van der Waals surface area contributed by atoms with E-state index in [1.165, 1.54) is 11.7 Å². The summed E-state index contributed by atoms with van der Waals surface area (Å²) in [4.78, 5) is 23.8. The van der Waals surface area contributed by atoms with Gasteiger partial charge in [0.2, 0.25) is 0 Å². The normalized spacial score (nSPS) is 12.5. The van der Waals surface area contributed by atoms with Crippen molar-refractivity contribution >= 4 is 17.1 Å². The second-order valence-corrected chi connectivity index (χ2v) is 4.53. The van der Waals surface area contributed by atoms with E-state index in [0.29, 0.717) is 23.3 Å². The third-order valence-corrected chi connectivity index (χ3v) is 3.12. The lowest BCUT2D eigenvalue weighted by molar-refractivity contribution is -0.148. The number of hydrogen-bond acceptors (Lipinski definition) is 6. The number of aliphatic hydroxyl groups excluding tert-OH is 1. The van der Waals surface area contributed by atoms with Gasteiger partial charge in [0, 0.05) is 7.11 Å². The summed E-state index contributed by atoms with van der Waals surface area (Å²) in [5.41, 5.74) is 1.43. The molecule has 7 heteroatoms. The molecule has 0 saturated heterocycles. The fraction of sp³-hybridized carbons (Fsp3) is 0.429. The third kappa shape index (κ3) is 3.14. The minimum atomic E-state index is -0.810. The van der Waals surface area contributed by atoms with Gasteiger partial charge >= 0.3 is 11.7 Å². The first-order chi connectivity index (χ1) is 10.1. The van der Waals surface area contributed by atoms with Crippen molar-refractivity contribution in [2.24, 2.45) is 0 Å². The van der Waals surface area contributed by atoms with Crippen LogP contribution in [0.5, 0.6) is 0 Å². The smallest absolute Gasteiger partial charge is 0.420 e. The number of aromatic nitrogens is 1. The van der Waals surface area contributed by atoms with Crippen LogP contribution in [0.15, 0.2) is 27.4 Å². The average Bonchev–Trinajstić information content (AvgIpc) is 2.81. The van der Waals surface area contributed by atoms with Crippen LogP contribution in [0.4, 0.5) is 0 Å². The van der Waals surface area contributed by atoms with E-state index >= 15 is 0 Å². The Labute approximate surface area is 120 Å². The monoisotopic (exact) mass is 295 g/mol. The van der Waals surface area contributed by atoms with Crippen LogP contribution in [0.3, 0.4) is 0 Å². The molecule has 1 aromatic heterocycles. The topological polar surface area (TPSA) is 90.9 Å². The number of aliphatic hydroxyl groups is 1. The first-order valence-electron chi connectivity index (χ1n) is 6.49. The molecule has 1 atom stereocenters. The Bertz CT molecular complexity index is 686. The molecule has 0 spiro atoms. The molecule has 0 fully saturated rings. The Hall–Kier alpha value is -2.12. The molecule has 0 saturated carbocycles. The third-order valence-electron chi connectivity index (χ3n) is 3.12. The minimum Gasteiger partial charge on any atom is -0.462 e. The number of benzene rings is 1. The summed E-state index contributed by atoms with van der Waals surface area (Å²) in [6.07, 6.45) is 0. The van der Waals surface area contributed by atoms with Crippen molar-refractivity contribution in [3.8, 4) is 0 Å². The molecule has 1 heterocycles. The second kappa shape index (κ2) is 6.55. The molecule has 7 nitrogen and oxygen atoms in total. The Morgan fingerprint density at radius 1 is 1.43 bits per heavy atom. The first kappa shape index (κ1) is 15.3. The van der Waals surface area contributed by atoms with Crippen molar-refractivity contribution in [1.82, 2.24) is 4.57 Å². The molecule has 114 valence electrons. The summed E-state index contributed by atoms with van der Waals surface area (Å²) in [6, 6.07) is 4.05. The molecule has 2 rings (SSSR count). The summed E-state index contributed by atoms with van der Waals surface area (Å²) in [6.45, 7) is 1.82. The summed E-state index contributed by atoms with van der Waals surface area (Å²) in [5.74, 6) is -1.18. The molecule has 0 aliphatic rings. The average molecular weight is 295 g/mol. The maximum Gasteiger partial charge on any atom is 0.420 e. The zero-order chi connectivity index (χ0) is 15.4. The lowest BCUT2D eigenvalue weighted by Crippen LogP contribution is -2.27. The zero-order valence-corrected chi connectivity index (χ0v) is 11.9. The van der Waals surface area contributed by atoms with E-state index in [1.807, 2.05) is 0 Å². The number of hydrogen-bond donors (Lipinski definition) is 1. The lowest BCUT2D eigenvalue weighted by Gasteiger charge is -2.12. The van der Waals surface area contributed by atoms with Crippen LogP contribution < -0.4 is 5.76 Å². The molecular weight excluding hydrogens is 278 g/mol. The summed E-state index contributed by atoms with van der Waals surface area (Å²) >= 11 is 0. The van der Waals surface area contributed by atoms with Gasteiger partial charge in [-0.15, -0.1) is 0 Å². The minimum absolute atomic E-state index is 0.124. The molecular formula is C14H17NO6. The van der Waals surface area contributed by atoms with Gasteiger partial charge in [0.1, 0.15) is 12.6 Å². The molecule has 1 aromatic carbocycles. The Balaban J connectivity index is 2.30. The maximum absolute atomic E-state index is 11.9. The van der Waals surface area contributed by atoms with Gasteiger partial charge < -0.3 is 19.0 Å². The van der Waals surface area contributed by atoms with Crippen molar-refractivity contribution < 1.29 is 23.8 Å². The predicted octanol–water partition coefficient (Wildman–Crippen LogP) is 0.837. The number of fused-ring (bicyclic) bond motifs is 1. The first-order valence-corrected chi connectivity index (χ1v) is 6.49. The second-order valence-electron chi connectivity index (χ2n) is 4.53. The van der Waals surface area contributed by atoms with Crippen molar-refractivity contribution in [1.29, 1.82) is 0 Å². The number of rotatable bonds is 6. The molecule has 2 aromatic rings. The zero-order valence-electron chi connectivity index (χ0n) is 11.9. The predicted molar refractivity (Wildman–Crippen MR) is 73.9 cm³/mol. The fourth-order valence-corrected chi connectivity index (χ4v) is 2.00. The summed E-state index contributed by atoms with van der Waals surface area (Å²) in [5, 5.41) is 9.08. The number of carbonyl (C=O) groups excluding carboxylic acids is 1. The van der Waals surface area contributed by atoms with Crippen molar-refractivity contribution in [3.63, 3.8) is 0 Å². The molecule has 0 radical (unpaired) electrons. The Morgan fingerprint density at radius 2 is 2.19 bits per heavy atom. The summed E-state index contributed by atoms with van der Waals surface area (Å²) in [7, 11) is 1.50. The van der Waals surface area contributed by atoms with Crippen molar-refractivity contribution in [2.45, 2.75) is 19.6 Å². The molecule has 0 aliphatic carbocycles. The molecule has 1 unspecified atom stereocenters. The van der Waals surface area contributed by atoms with Crippen LogP contribution in [0.1, 0.15) is 18.5 Å². The van der Waals surface area contributed by atoms with Gasteiger partial charge in [-0.1, -0.05) is 6.07 Å². The van der Waals surface area contributed by atoms with E-state index in [9.17, 15) is 9.59 Å². The highest BCUT2D eigenvalue weighted by atomic mass is 16.6. The van der Waals surface area contributed by atoms with E-state index in [0.717, 1.165) is 0 Å². The number of oxazole rings is 1. The highest BCUT2D eigenvalue weighted by Gasteiger charge is 2.22. The highest BCUT2D eigenvalue weighted by molar-refractivity contribution is 5.79. The van der Waals surface area contributed by atoms with Gasteiger partial charge in [0.15, 0.2) is 5.58 Å². The lowest BCUT2D eigenvalue weighted by atomic mass is 10.2. The van der Waals surface area contributed by atoms with Gasteiger partial charge in [-0.05, 0) is 24.6 Å².